The first-order valence-corrected chi connectivity index (χ1v) is 7.81. The van der Waals surface area contributed by atoms with Crippen LogP contribution in [0.3, 0.4) is 0 Å². The van der Waals surface area contributed by atoms with Crippen LogP contribution in [0.25, 0.3) is 0 Å². The summed E-state index contributed by atoms with van der Waals surface area (Å²) in [6, 6.07) is 0.405. The Balaban J connectivity index is 1.83. The molecule has 2 fully saturated rings. The monoisotopic (exact) mass is 254 g/mol. The molecule has 0 bridgehead atoms. The second-order valence-corrected chi connectivity index (χ2v) is 6.46. The molecule has 0 aromatic carbocycles. The highest BCUT2D eigenvalue weighted by Crippen LogP contribution is 2.31. The predicted octanol–water partition coefficient (Wildman–Crippen LogP) is 1.84. The summed E-state index contributed by atoms with van der Waals surface area (Å²) in [5.41, 5.74) is 6.30. The fraction of sp³-hybridized carbons (Fsp3) is 1.00. The molecular weight excluding hydrogens is 224 g/mol. The smallest absolute Gasteiger partial charge is 0.0471 e. The van der Waals surface area contributed by atoms with E-state index in [9.17, 15) is 5.11 Å². The molecule has 4 atom stereocenters. The zero-order valence-corrected chi connectivity index (χ0v) is 11.9. The van der Waals surface area contributed by atoms with Gasteiger partial charge < -0.3 is 15.7 Å². The number of likely N-dealkylation sites (tertiary alicyclic amines) is 1. The summed E-state index contributed by atoms with van der Waals surface area (Å²) in [5, 5.41) is 9.30. The van der Waals surface area contributed by atoms with Gasteiger partial charge in [0, 0.05) is 25.7 Å². The lowest BCUT2D eigenvalue weighted by Gasteiger charge is -2.39. The van der Waals surface area contributed by atoms with Gasteiger partial charge in [-0.05, 0) is 56.4 Å². The van der Waals surface area contributed by atoms with E-state index in [0.717, 1.165) is 19.0 Å². The molecule has 3 nitrogen and oxygen atoms in total. The molecule has 1 aliphatic heterocycles. The van der Waals surface area contributed by atoms with E-state index in [0.29, 0.717) is 24.5 Å². The number of nitrogens with two attached hydrogens (primary N) is 1. The van der Waals surface area contributed by atoms with Gasteiger partial charge in [-0.1, -0.05) is 13.3 Å². The van der Waals surface area contributed by atoms with Crippen LogP contribution in [0.1, 0.15) is 45.4 Å². The highest BCUT2D eigenvalue weighted by Gasteiger charge is 2.30. The molecule has 0 amide bonds. The normalized spacial score (nSPS) is 38.8. The van der Waals surface area contributed by atoms with E-state index in [1.54, 1.807) is 0 Å². The Morgan fingerprint density at radius 1 is 1.22 bits per heavy atom. The predicted molar refractivity (Wildman–Crippen MR) is 75.3 cm³/mol. The topological polar surface area (TPSA) is 49.5 Å². The SMILES string of the molecule is CCC1CCC(N)C(CN2CCCC(CO)C2)C1. The number of rotatable bonds is 4. The molecule has 1 saturated heterocycles. The van der Waals surface area contributed by atoms with Gasteiger partial charge in [0.25, 0.3) is 0 Å². The van der Waals surface area contributed by atoms with Crippen LogP contribution >= 0.6 is 0 Å². The van der Waals surface area contributed by atoms with Crippen LogP contribution < -0.4 is 5.73 Å². The zero-order chi connectivity index (χ0) is 13.0. The highest BCUT2D eigenvalue weighted by molar-refractivity contribution is 4.85. The number of hydrogen-bond donors (Lipinski definition) is 2. The summed E-state index contributed by atoms with van der Waals surface area (Å²) in [6.45, 7) is 6.10. The van der Waals surface area contributed by atoms with Crippen molar-refractivity contribution >= 4 is 0 Å². The van der Waals surface area contributed by atoms with Crippen molar-refractivity contribution in [1.82, 2.24) is 4.90 Å². The van der Waals surface area contributed by atoms with E-state index in [-0.39, 0.29) is 0 Å². The van der Waals surface area contributed by atoms with Crippen LogP contribution in [0.15, 0.2) is 0 Å². The highest BCUT2D eigenvalue weighted by atomic mass is 16.3. The molecule has 3 N–H and O–H groups in total. The van der Waals surface area contributed by atoms with Crippen molar-refractivity contribution in [3.8, 4) is 0 Å². The van der Waals surface area contributed by atoms with Crippen LogP contribution in [0, 0.1) is 17.8 Å². The molecule has 2 rings (SSSR count). The first-order valence-electron chi connectivity index (χ1n) is 7.81. The van der Waals surface area contributed by atoms with Crippen LogP contribution in [0.2, 0.25) is 0 Å². The van der Waals surface area contributed by atoms with E-state index >= 15 is 0 Å². The van der Waals surface area contributed by atoms with Crippen molar-refractivity contribution < 1.29 is 5.11 Å². The minimum atomic E-state index is 0.352. The molecule has 1 saturated carbocycles. The van der Waals surface area contributed by atoms with Crippen LogP contribution in [-0.4, -0.2) is 42.3 Å². The van der Waals surface area contributed by atoms with Gasteiger partial charge in [-0.3, -0.25) is 0 Å². The zero-order valence-electron chi connectivity index (χ0n) is 11.9. The lowest BCUT2D eigenvalue weighted by molar-refractivity contribution is 0.0883. The number of hydrogen-bond acceptors (Lipinski definition) is 3. The van der Waals surface area contributed by atoms with E-state index < -0.39 is 0 Å². The number of aliphatic hydroxyl groups excluding tert-OH is 1. The summed E-state index contributed by atoms with van der Waals surface area (Å²) in [7, 11) is 0. The number of nitrogens with zero attached hydrogens (tertiary/aromatic N) is 1. The summed E-state index contributed by atoms with van der Waals surface area (Å²) >= 11 is 0. The Morgan fingerprint density at radius 2 is 2.06 bits per heavy atom. The molecule has 0 aromatic heterocycles. The third-order valence-corrected chi connectivity index (χ3v) is 5.08. The van der Waals surface area contributed by atoms with Crippen LogP contribution in [0.5, 0.6) is 0 Å². The summed E-state index contributed by atoms with van der Waals surface area (Å²) in [6.07, 6.45) is 7.60. The second-order valence-electron chi connectivity index (χ2n) is 6.46. The summed E-state index contributed by atoms with van der Waals surface area (Å²) < 4.78 is 0. The fourth-order valence-corrected chi connectivity index (χ4v) is 3.76. The van der Waals surface area contributed by atoms with E-state index in [2.05, 4.69) is 11.8 Å². The lowest BCUT2D eigenvalue weighted by Crippen LogP contribution is -2.46. The van der Waals surface area contributed by atoms with Gasteiger partial charge in [0.15, 0.2) is 0 Å². The quantitative estimate of drug-likeness (QED) is 0.805. The molecule has 18 heavy (non-hydrogen) atoms. The van der Waals surface area contributed by atoms with Gasteiger partial charge in [-0.15, -0.1) is 0 Å². The molecule has 0 aromatic rings. The largest absolute Gasteiger partial charge is 0.396 e. The van der Waals surface area contributed by atoms with Crippen molar-refractivity contribution in [2.45, 2.75) is 51.5 Å². The Labute approximate surface area is 112 Å². The Bertz CT molecular complexity index is 247. The van der Waals surface area contributed by atoms with E-state index in [4.69, 9.17) is 5.73 Å². The first-order chi connectivity index (χ1) is 8.72. The van der Waals surface area contributed by atoms with Crippen molar-refractivity contribution in [3.05, 3.63) is 0 Å². The van der Waals surface area contributed by atoms with Gasteiger partial charge >= 0.3 is 0 Å². The third kappa shape index (κ3) is 3.69. The standard InChI is InChI=1S/C15H30N2O/c1-2-12-5-6-15(16)14(8-12)10-17-7-3-4-13(9-17)11-18/h12-15,18H,2-11,16H2,1H3. The number of aliphatic hydroxyl groups is 1. The molecular formula is C15H30N2O. The maximum Gasteiger partial charge on any atom is 0.0471 e. The average Bonchev–Trinajstić information content (AvgIpc) is 2.41. The van der Waals surface area contributed by atoms with Gasteiger partial charge in [-0.2, -0.15) is 0 Å². The van der Waals surface area contributed by atoms with Crippen LogP contribution in [-0.2, 0) is 0 Å². The Morgan fingerprint density at radius 3 is 2.78 bits per heavy atom. The van der Waals surface area contributed by atoms with Crippen molar-refractivity contribution in [1.29, 1.82) is 0 Å². The summed E-state index contributed by atoms with van der Waals surface area (Å²) in [4.78, 5) is 2.55. The molecule has 1 aliphatic carbocycles. The second kappa shape index (κ2) is 6.88. The molecule has 106 valence electrons. The average molecular weight is 254 g/mol. The van der Waals surface area contributed by atoms with Crippen LogP contribution in [0.4, 0.5) is 0 Å². The minimum Gasteiger partial charge on any atom is -0.396 e. The number of piperidine rings is 1. The maximum atomic E-state index is 9.30. The first kappa shape index (κ1) is 14.3. The molecule has 2 aliphatic rings. The summed E-state index contributed by atoms with van der Waals surface area (Å²) in [5.74, 6) is 2.08. The molecule has 0 spiro atoms. The van der Waals surface area contributed by atoms with Crippen molar-refractivity contribution in [2.24, 2.45) is 23.5 Å². The van der Waals surface area contributed by atoms with E-state index in [1.807, 2.05) is 0 Å². The molecule has 1 heterocycles. The minimum absolute atomic E-state index is 0.352. The molecule has 3 heteroatoms. The van der Waals surface area contributed by atoms with Gasteiger partial charge in [0.1, 0.15) is 0 Å². The van der Waals surface area contributed by atoms with Gasteiger partial charge in [0.05, 0.1) is 0 Å². The van der Waals surface area contributed by atoms with Gasteiger partial charge in [-0.25, -0.2) is 0 Å². The lowest BCUT2D eigenvalue weighted by atomic mass is 9.77. The van der Waals surface area contributed by atoms with E-state index in [1.165, 1.54) is 45.1 Å². The molecule has 0 radical (unpaired) electrons. The van der Waals surface area contributed by atoms with Crippen molar-refractivity contribution in [3.63, 3.8) is 0 Å². The fourth-order valence-electron chi connectivity index (χ4n) is 3.76. The van der Waals surface area contributed by atoms with Crippen molar-refractivity contribution in [2.75, 3.05) is 26.2 Å². The molecule has 4 unspecified atom stereocenters. The maximum absolute atomic E-state index is 9.30. The third-order valence-electron chi connectivity index (χ3n) is 5.08. The Hall–Kier alpha value is -0.120. The Kier molecular flexibility index (Phi) is 5.46. The van der Waals surface area contributed by atoms with Gasteiger partial charge in [0.2, 0.25) is 0 Å².